The molecule has 1 aromatic rings. The minimum absolute atomic E-state index is 0.0392. The molecule has 4 rings (SSSR count). The van der Waals surface area contributed by atoms with Crippen molar-refractivity contribution in [1.29, 1.82) is 0 Å². The van der Waals surface area contributed by atoms with Crippen molar-refractivity contribution in [2.75, 3.05) is 39.5 Å². The molecule has 1 atom stereocenters. The van der Waals surface area contributed by atoms with Gasteiger partial charge >= 0.3 is 0 Å². The summed E-state index contributed by atoms with van der Waals surface area (Å²) in [6, 6.07) is 3.62. The van der Waals surface area contributed by atoms with Crippen LogP contribution in [0.4, 0.5) is 4.39 Å². The lowest BCUT2D eigenvalue weighted by Gasteiger charge is -2.56. The summed E-state index contributed by atoms with van der Waals surface area (Å²) in [6.45, 7) is 5.20. The van der Waals surface area contributed by atoms with Crippen LogP contribution in [-0.2, 0) is 9.47 Å². The number of ether oxygens (including phenoxy) is 3. The SMILES string of the molecule is Fc1cccnc1OCCC1CCOC2(C1)CN(C1CCOCC1)C2. The van der Waals surface area contributed by atoms with Gasteiger partial charge in [0.05, 0.1) is 12.2 Å². The number of rotatable bonds is 5. The van der Waals surface area contributed by atoms with Crippen LogP contribution in [0.25, 0.3) is 0 Å². The normalized spacial score (nSPS) is 27.2. The lowest BCUT2D eigenvalue weighted by atomic mass is 9.78. The van der Waals surface area contributed by atoms with E-state index >= 15 is 0 Å². The second-order valence-electron chi connectivity index (χ2n) is 7.57. The molecule has 0 saturated carbocycles. The van der Waals surface area contributed by atoms with E-state index < -0.39 is 5.82 Å². The predicted molar refractivity (Wildman–Crippen MR) is 91.1 cm³/mol. The fourth-order valence-electron chi connectivity index (χ4n) is 4.40. The van der Waals surface area contributed by atoms with E-state index in [0.29, 0.717) is 18.6 Å². The molecule has 4 heterocycles. The van der Waals surface area contributed by atoms with Gasteiger partial charge in [-0.1, -0.05) is 0 Å². The second kappa shape index (κ2) is 7.56. The summed E-state index contributed by atoms with van der Waals surface area (Å²) in [5.74, 6) is 0.299. The van der Waals surface area contributed by atoms with Crippen LogP contribution in [0.2, 0.25) is 0 Å². The van der Waals surface area contributed by atoms with Gasteiger partial charge in [0.1, 0.15) is 0 Å². The number of pyridine rings is 1. The Morgan fingerprint density at radius 3 is 2.88 bits per heavy atom. The lowest BCUT2D eigenvalue weighted by molar-refractivity contribution is -0.195. The predicted octanol–water partition coefficient (Wildman–Crippen LogP) is 2.65. The number of likely N-dealkylation sites (tertiary alicyclic amines) is 1. The van der Waals surface area contributed by atoms with Gasteiger partial charge in [-0.3, -0.25) is 4.90 Å². The van der Waals surface area contributed by atoms with E-state index in [1.807, 2.05) is 0 Å². The maximum atomic E-state index is 13.5. The van der Waals surface area contributed by atoms with E-state index in [9.17, 15) is 4.39 Å². The zero-order chi connectivity index (χ0) is 17.1. The Kier molecular flexibility index (Phi) is 5.20. The van der Waals surface area contributed by atoms with Gasteiger partial charge in [-0.25, -0.2) is 9.37 Å². The van der Waals surface area contributed by atoms with Crippen LogP contribution in [-0.4, -0.2) is 61.0 Å². The molecule has 0 amide bonds. The van der Waals surface area contributed by atoms with Gasteiger partial charge in [0.2, 0.25) is 5.88 Å². The first-order valence-electron chi connectivity index (χ1n) is 9.43. The topological polar surface area (TPSA) is 43.8 Å². The average Bonchev–Trinajstić information content (AvgIpc) is 2.62. The third-order valence-corrected chi connectivity index (χ3v) is 5.77. The van der Waals surface area contributed by atoms with Crippen LogP contribution in [0.5, 0.6) is 5.88 Å². The van der Waals surface area contributed by atoms with E-state index in [1.54, 1.807) is 12.3 Å². The maximum absolute atomic E-state index is 13.5. The van der Waals surface area contributed by atoms with Gasteiger partial charge < -0.3 is 14.2 Å². The van der Waals surface area contributed by atoms with Gasteiger partial charge in [-0.2, -0.15) is 0 Å². The van der Waals surface area contributed by atoms with Gasteiger partial charge in [-0.05, 0) is 50.2 Å². The average molecular weight is 350 g/mol. The van der Waals surface area contributed by atoms with Crippen LogP contribution < -0.4 is 4.74 Å². The summed E-state index contributed by atoms with van der Waals surface area (Å²) in [4.78, 5) is 6.50. The minimum atomic E-state index is -0.392. The molecule has 1 unspecified atom stereocenters. The van der Waals surface area contributed by atoms with Crippen LogP contribution in [0.1, 0.15) is 32.1 Å². The fourth-order valence-corrected chi connectivity index (χ4v) is 4.40. The Morgan fingerprint density at radius 2 is 2.08 bits per heavy atom. The standard InChI is InChI=1S/C19H27FN2O3/c20-17-2-1-7-21-18(17)24-10-3-15-4-11-25-19(12-15)13-22(14-19)16-5-8-23-9-6-16/h1-2,7,15-16H,3-6,8-14H2. The summed E-state index contributed by atoms with van der Waals surface area (Å²) in [5, 5.41) is 0. The molecule has 0 radical (unpaired) electrons. The largest absolute Gasteiger partial charge is 0.476 e. The van der Waals surface area contributed by atoms with Crippen molar-refractivity contribution in [3.63, 3.8) is 0 Å². The quantitative estimate of drug-likeness (QED) is 0.817. The number of hydrogen-bond acceptors (Lipinski definition) is 5. The van der Waals surface area contributed by atoms with E-state index in [0.717, 1.165) is 65.0 Å². The summed E-state index contributed by atoms with van der Waals surface area (Å²) in [6.07, 6.45) is 6.92. The molecule has 0 bridgehead atoms. The third kappa shape index (κ3) is 3.96. The lowest BCUT2D eigenvalue weighted by Crippen LogP contribution is -2.68. The van der Waals surface area contributed by atoms with Crippen LogP contribution in [0, 0.1) is 11.7 Å². The summed E-state index contributed by atoms with van der Waals surface area (Å²) in [7, 11) is 0. The van der Waals surface area contributed by atoms with Crippen LogP contribution >= 0.6 is 0 Å². The molecule has 0 aromatic carbocycles. The molecule has 3 fully saturated rings. The Bertz CT molecular complexity index is 574. The van der Waals surface area contributed by atoms with Gasteiger partial charge in [0.15, 0.2) is 5.82 Å². The zero-order valence-corrected chi connectivity index (χ0v) is 14.7. The first-order chi connectivity index (χ1) is 12.2. The Hall–Kier alpha value is -1.24. The summed E-state index contributed by atoms with van der Waals surface area (Å²) < 4.78 is 30.7. The molecule has 5 nitrogen and oxygen atoms in total. The van der Waals surface area contributed by atoms with E-state index in [2.05, 4.69) is 9.88 Å². The maximum Gasteiger partial charge on any atom is 0.250 e. The second-order valence-corrected chi connectivity index (χ2v) is 7.57. The number of aromatic nitrogens is 1. The first kappa shape index (κ1) is 17.2. The van der Waals surface area contributed by atoms with Crippen LogP contribution in [0.3, 0.4) is 0 Å². The third-order valence-electron chi connectivity index (χ3n) is 5.77. The Balaban J connectivity index is 1.23. The summed E-state index contributed by atoms with van der Waals surface area (Å²) in [5.41, 5.74) is 0.0392. The van der Waals surface area contributed by atoms with Crippen molar-refractivity contribution in [3.05, 3.63) is 24.1 Å². The number of nitrogens with zero attached hydrogens (tertiary/aromatic N) is 2. The van der Waals surface area contributed by atoms with Gasteiger partial charge in [0.25, 0.3) is 0 Å². The smallest absolute Gasteiger partial charge is 0.250 e. The molecule has 1 aromatic heterocycles. The van der Waals surface area contributed by atoms with E-state index in [4.69, 9.17) is 14.2 Å². The highest BCUT2D eigenvalue weighted by molar-refractivity contribution is 5.12. The number of halogens is 1. The fraction of sp³-hybridized carbons (Fsp3) is 0.737. The van der Waals surface area contributed by atoms with Crippen molar-refractivity contribution >= 4 is 0 Å². The first-order valence-corrected chi connectivity index (χ1v) is 9.43. The minimum Gasteiger partial charge on any atom is -0.476 e. The van der Waals surface area contributed by atoms with E-state index in [-0.39, 0.29) is 11.5 Å². The molecule has 3 aliphatic heterocycles. The van der Waals surface area contributed by atoms with Crippen LogP contribution in [0.15, 0.2) is 18.3 Å². The molecular formula is C19H27FN2O3. The molecule has 1 spiro atoms. The molecule has 0 N–H and O–H groups in total. The van der Waals surface area contributed by atoms with Gasteiger partial charge in [0, 0.05) is 45.1 Å². The molecule has 25 heavy (non-hydrogen) atoms. The highest BCUT2D eigenvalue weighted by Gasteiger charge is 2.49. The molecule has 3 aliphatic rings. The molecular weight excluding hydrogens is 323 g/mol. The monoisotopic (exact) mass is 350 g/mol. The number of hydrogen-bond donors (Lipinski definition) is 0. The van der Waals surface area contributed by atoms with Gasteiger partial charge in [-0.15, -0.1) is 0 Å². The molecule has 0 aliphatic carbocycles. The van der Waals surface area contributed by atoms with E-state index in [1.165, 1.54) is 6.07 Å². The highest BCUT2D eigenvalue weighted by atomic mass is 19.1. The van der Waals surface area contributed by atoms with Crippen molar-refractivity contribution < 1.29 is 18.6 Å². The highest BCUT2D eigenvalue weighted by Crippen LogP contribution is 2.40. The zero-order valence-electron chi connectivity index (χ0n) is 14.7. The Morgan fingerprint density at radius 1 is 1.24 bits per heavy atom. The Labute approximate surface area is 148 Å². The van der Waals surface area contributed by atoms with Crippen molar-refractivity contribution in [2.24, 2.45) is 5.92 Å². The summed E-state index contributed by atoms with van der Waals surface area (Å²) >= 11 is 0. The van der Waals surface area contributed by atoms with Crippen molar-refractivity contribution in [3.8, 4) is 5.88 Å². The van der Waals surface area contributed by atoms with Crippen molar-refractivity contribution in [2.45, 2.75) is 43.7 Å². The van der Waals surface area contributed by atoms with Crippen molar-refractivity contribution in [1.82, 2.24) is 9.88 Å². The molecule has 138 valence electrons. The molecule has 3 saturated heterocycles. The molecule has 6 heteroatoms.